The van der Waals surface area contributed by atoms with E-state index < -0.39 is 0 Å². The Balaban J connectivity index is 0.000000148. The number of nitrogens with one attached hydrogen (secondary N) is 1. The second-order valence-electron chi connectivity index (χ2n) is 8.66. The van der Waals surface area contributed by atoms with Gasteiger partial charge in [0.15, 0.2) is 21.0 Å². The van der Waals surface area contributed by atoms with E-state index in [-0.39, 0.29) is 0 Å². The topological polar surface area (TPSA) is 145 Å². The van der Waals surface area contributed by atoms with Crippen LogP contribution in [0.3, 0.4) is 0 Å². The highest BCUT2D eigenvalue weighted by Gasteiger charge is 2.13. The molecule has 0 aliphatic heterocycles. The second-order valence-corrected chi connectivity index (χ2v) is 12.1. The molecular weight excluding hydrogens is 561 g/mol. The number of imidazole rings is 1. The van der Waals surface area contributed by atoms with Crippen molar-refractivity contribution in [3.05, 3.63) is 77.5 Å². The van der Waals surface area contributed by atoms with E-state index in [1.54, 1.807) is 23.1 Å². The highest BCUT2D eigenvalue weighted by atomic mass is 32.2. The van der Waals surface area contributed by atoms with E-state index in [0.29, 0.717) is 22.1 Å². The minimum absolute atomic E-state index is 0.382. The zero-order valence-corrected chi connectivity index (χ0v) is 24.1. The van der Waals surface area contributed by atoms with Crippen LogP contribution in [0.15, 0.2) is 80.3 Å². The van der Waals surface area contributed by atoms with E-state index in [2.05, 4.69) is 57.2 Å². The van der Waals surface area contributed by atoms with Crippen LogP contribution in [0.25, 0.3) is 33.0 Å². The third-order valence-electron chi connectivity index (χ3n) is 5.68. The van der Waals surface area contributed by atoms with E-state index in [1.165, 1.54) is 28.4 Å². The first kappa shape index (κ1) is 26.0. The number of nitrogens with zero attached hydrogens (tertiary/aromatic N) is 8. The summed E-state index contributed by atoms with van der Waals surface area (Å²) < 4.78 is 0.975. The smallest absolute Gasteiger partial charge is 0.183 e. The predicted molar refractivity (Wildman–Crippen MR) is 160 cm³/mol. The van der Waals surface area contributed by atoms with Gasteiger partial charge >= 0.3 is 0 Å². The van der Waals surface area contributed by atoms with Crippen LogP contribution in [0.5, 0.6) is 0 Å². The highest BCUT2D eigenvalue weighted by molar-refractivity contribution is 8.01. The normalized spacial score (nSPS) is 11.2. The minimum Gasteiger partial charge on any atom is -0.382 e. The Morgan fingerprint density at radius 1 is 0.800 bits per heavy atom. The zero-order valence-electron chi connectivity index (χ0n) is 21.7. The first-order valence-corrected chi connectivity index (χ1v) is 14.6. The number of aromatic nitrogens is 9. The molecule has 7 aromatic rings. The fourth-order valence-corrected chi connectivity index (χ4v) is 6.89. The third kappa shape index (κ3) is 5.57. The average Bonchev–Trinajstić information content (AvgIpc) is 3.55. The van der Waals surface area contributed by atoms with E-state index in [9.17, 15) is 0 Å². The Kier molecular flexibility index (Phi) is 7.24. The molecule has 0 bridgehead atoms. The Morgan fingerprint density at radius 3 is 2.30 bits per heavy atom. The minimum atomic E-state index is 0.382. The number of fused-ring (bicyclic) bond motifs is 3. The monoisotopic (exact) mass is 582 g/mol. The molecule has 5 aromatic heterocycles. The van der Waals surface area contributed by atoms with Crippen LogP contribution < -0.4 is 5.73 Å². The van der Waals surface area contributed by atoms with Crippen molar-refractivity contribution in [2.75, 3.05) is 5.73 Å². The molecule has 0 amide bonds. The van der Waals surface area contributed by atoms with Gasteiger partial charge in [0.1, 0.15) is 27.7 Å². The molecule has 10 nitrogen and oxygen atoms in total. The molecule has 0 spiro atoms. The summed E-state index contributed by atoms with van der Waals surface area (Å²) in [6.45, 7) is 5.86. The first-order valence-electron chi connectivity index (χ1n) is 12.1. The molecule has 0 aliphatic carbocycles. The number of rotatable bonds is 4. The molecule has 5 heterocycles. The predicted octanol–water partition coefficient (Wildman–Crippen LogP) is 6.19. The summed E-state index contributed by atoms with van der Waals surface area (Å²) in [6, 6.07) is 18.2. The molecule has 3 N–H and O–H groups in total. The molecule has 0 saturated heterocycles. The van der Waals surface area contributed by atoms with E-state index >= 15 is 0 Å². The van der Waals surface area contributed by atoms with Crippen molar-refractivity contribution in [1.29, 1.82) is 0 Å². The summed E-state index contributed by atoms with van der Waals surface area (Å²) in [5.41, 5.74) is 9.97. The van der Waals surface area contributed by atoms with Gasteiger partial charge in [0.25, 0.3) is 0 Å². The number of H-pyrrole nitrogens is 1. The summed E-state index contributed by atoms with van der Waals surface area (Å²) in [7, 11) is 0. The quantitative estimate of drug-likeness (QED) is 0.229. The fourth-order valence-electron chi connectivity index (χ4n) is 3.97. The lowest BCUT2D eigenvalue weighted by Gasteiger charge is -2.05. The third-order valence-corrected chi connectivity index (χ3v) is 8.52. The lowest BCUT2D eigenvalue weighted by atomic mass is 10.2. The first-order chi connectivity index (χ1) is 19.4. The van der Waals surface area contributed by atoms with Crippen molar-refractivity contribution in [2.24, 2.45) is 0 Å². The fraction of sp³-hybridized carbons (Fsp3) is 0.111. The summed E-state index contributed by atoms with van der Waals surface area (Å²) in [6.07, 6.45) is 1.40. The van der Waals surface area contributed by atoms with Crippen LogP contribution in [-0.4, -0.2) is 45.1 Å². The molecule has 198 valence electrons. The largest absolute Gasteiger partial charge is 0.382 e. The number of hydrogen-bond donors (Lipinski definition) is 2. The maximum absolute atomic E-state index is 5.82. The van der Waals surface area contributed by atoms with Gasteiger partial charge in [0.05, 0.1) is 11.0 Å². The maximum Gasteiger partial charge on any atom is 0.183 e. The molecule has 40 heavy (non-hydrogen) atoms. The standard InChI is InChI=1S/C14H11N7S.C13H11N3S2/c1-7-18-9-5-3-2-4-8(9)13(19-7)22-14-20-10-11(15)16-6-17-12(10)21-14;1-8-7-12(18-13-16-15-9(2)17-13)10-5-3-4-6-11(10)14-8/h2-6H,1H3,(H3,15,16,17,20,21);3-7H,1-2H3. The van der Waals surface area contributed by atoms with Gasteiger partial charge < -0.3 is 10.7 Å². The number of para-hydroxylation sites is 2. The van der Waals surface area contributed by atoms with Gasteiger partial charge in [-0.3, -0.25) is 4.98 Å². The zero-order chi connectivity index (χ0) is 27.6. The van der Waals surface area contributed by atoms with Crippen LogP contribution in [0, 0.1) is 20.8 Å². The van der Waals surface area contributed by atoms with E-state index in [1.807, 2.05) is 63.2 Å². The summed E-state index contributed by atoms with van der Waals surface area (Å²) in [5.74, 6) is 1.10. The lowest BCUT2D eigenvalue weighted by Crippen LogP contribution is -1.92. The van der Waals surface area contributed by atoms with Crippen LogP contribution in [0.1, 0.15) is 16.5 Å². The molecule has 2 aromatic carbocycles. The highest BCUT2D eigenvalue weighted by Crippen LogP contribution is 2.35. The van der Waals surface area contributed by atoms with Crippen LogP contribution in [-0.2, 0) is 0 Å². The molecule has 13 heteroatoms. The van der Waals surface area contributed by atoms with Gasteiger partial charge in [0, 0.05) is 21.4 Å². The van der Waals surface area contributed by atoms with Crippen LogP contribution >= 0.6 is 34.9 Å². The van der Waals surface area contributed by atoms with Crippen molar-refractivity contribution in [1.82, 2.24) is 45.1 Å². The number of anilines is 1. The SMILES string of the molecule is Cc1cc(Sc2nnc(C)s2)c2ccccc2n1.Cc1nc(Sc2nc3ncnc(N)c3[nH]2)c2ccccc2n1. The lowest BCUT2D eigenvalue weighted by molar-refractivity contribution is 0.984. The van der Waals surface area contributed by atoms with Gasteiger partial charge in [-0.05, 0) is 50.7 Å². The number of benzene rings is 2. The number of nitrogen functional groups attached to an aromatic ring is 1. The van der Waals surface area contributed by atoms with Crippen LogP contribution in [0.2, 0.25) is 0 Å². The van der Waals surface area contributed by atoms with E-state index in [0.717, 1.165) is 42.3 Å². The molecule has 0 unspecified atom stereocenters. The van der Waals surface area contributed by atoms with Gasteiger partial charge in [-0.25, -0.2) is 24.9 Å². The van der Waals surface area contributed by atoms with Crippen molar-refractivity contribution in [3.8, 4) is 0 Å². The number of hydrogen-bond acceptors (Lipinski definition) is 12. The Bertz CT molecular complexity index is 1990. The van der Waals surface area contributed by atoms with Crippen molar-refractivity contribution < 1.29 is 0 Å². The van der Waals surface area contributed by atoms with Gasteiger partial charge in [-0.1, -0.05) is 59.5 Å². The summed E-state index contributed by atoms with van der Waals surface area (Å²) in [5, 5.41) is 12.9. The average molecular weight is 583 g/mol. The molecule has 0 atom stereocenters. The van der Waals surface area contributed by atoms with Gasteiger partial charge in [-0.15, -0.1) is 10.2 Å². The molecule has 0 aliphatic rings. The number of aryl methyl sites for hydroxylation is 3. The van der Waals surface area contributed by atoms with Crippen LogP contribution in [0.4, 0.5) is 5.82 Å². The Hall–Kier alpha value is -4.20. The van der Waals surface area contributed by atoms with Crippen molar-refractivity contribution in [3.63, 3.8) is 0 Å². The number of aromatic amines is 1. The maximum atomic E-state index is 5.82. The molecular formula is C27H22N10S3. The molecule has 0 fully saturated rings. The van der Waals surface area contributed by atoms with Crippen molar-refractivity contribution in [2.45, 2.75) is 40.2 Å². The number of nitrogens with two attached hydrogens (primary N) is 1. The van der Waals surface area contributed by atoms with Gasteiger partial charge in [-0.2, -0.15) is 0 Å². The summed E-state index contributed by atoms with van der Waals surface area (Å²) in [4.78, 5) is 30.3. The van der Waals surface area contributed by atoms with E-state index in [4.69, 9.17) is 5.73 Å². The molecule has 7 rings (SSSR count). The molecule has 0 saturated carbocycles. The summed E-state index contributed by atoms with van der Waals surface area (Å²) >= 11 is 4.70. The number of pyridine rings is 1. The van der Waals surface area contributed by atoms with Crippen molar-refractivity contribution >= 4 is 73.6 Å². The van der Waals surface area contributed by atoms with Gasteiger partial charge in [0.2, 0.25) is 0 Å². The Labute approximate surface area is 241 Å². The molecule has 0 radical (unpaired) electrons. The Morgan fingerprint density at radius 2 is 1.55 bits per heavy atom. The second kappa shape index (κ2) is 11.1.